The summed E-state index contributed by atoms with van der Waals surface area (Å²) in [5.41, 5.74) is -2.72. The van der Waals surface area contributed by atoms with E-state index in [1.807, 2.05) is 0 Å². The van der Waals surface area contributed by atoms with Crippen LogP contribution in [-0.4, -0.2) is 67.9 Å². The van der Waals surface area contributed by atoms with Crippen LogP contribution in [0.4, 0.5) is 0 Å². The number of fused-ring (bicyclic) bond motifs is 2. The SMILES string of the molecule is CCN1CC2(C)CCC(O)C34C5CC6CCC(O)(C5C6O)C(O)(CC23)C14. The summed E-state index contributed by atoms with van der Waals surface area (Å²) in [6, 6.07) is -0.177. The van der Waals surface area contributed by atoms with Crippen molar-refractivity contribution >= 4 is 0 Å². The predicted molar refractivity (Wildman–Crippen MR) is 95.2 cm³/mol. The Morgan fingerprint density at radius 3 is 2.58 bits per heavy atom. The van der Waals surface area contributed by atoms with E-state index in [2.05, 4.69) is 18.7 Å². The molecule has 146 valence electrons. The van der Waals surface area contributed by atoms with E-state index in [1.165, 1.54) is 0 Å². The van der Waals surface area contributed by atoms with Gasteiger partial charge in [-0.1, -0.05) is 13.8 Å². The lowest BCUT2D eigenvalue weighted by atomic mass is 9.43. The molecule has 4 N–H and O–H groups in total. The first-order valence-electron chi connectivity index (χ1n) is 10.8. The first-order valence-corrected chi connectivity index (χ1v) is 10.8. The maximum absolute atomic E-state index is 12.2. The molecule has 0 aromatic heterocycles. The molecule has 6 rings (SSSR count). The van der Waals surface area contributed by atoms with E-state index in [-0.39, 0.29) is 40.5 Å². The van der Waals surface area contributed by atoms with E-state index in [0.717, 1.165) is 38.8 Å². The number of aliphatic hydroxyl groups is 4. The Balaban J connectivity index is 1.66. The number of likely N-dealkylation sites (tertiary alicyclic amines) is 1. The molecule has 1 aliphatic heterocycles. The fourth-order valence-corrected chi connectivity index (χ4v) is 9.78. The molecule has 6 fully saturated rings. The maximum atomic E-state index is 12.2. The molecule has 26 heavy (non-hydrogen) atoms. The molecule has 0 radical (unpaired) electrons. The Labute approximate surface area is 155 Å². The lowest BCUT2D eigenvalue weighted by Gasteiger charge is -2.69. The zero-order valence-corrected chi connectivity index (χ0v) is 15.9. The zero-order valence-electron chi connectivity index (χ0n) is 15.9. The summed E-state index contributed by atoms with van der Waals surface area (Å²) in [5.74, 6) is 0.305. The van der Waals surface area contributed by atoms with Crippen molar-refractivity contribution in [3.8, 4) is 0 Å². The Hall–Kier alpha value is -0.200. The number of piperidine rings is 1. The third-order valence-corrected chi connectivity index (χ3v) is 10.5. The van der Waals surface area contributed by atoms with E-state index in [9.17, 15) is 20.4 Å². The average molecular weight is 363 g/mol. The third-order valence-electron chi connectivity index (χ3n) is 10.5. The van der Waals surface area contributed by atoms with Crippen molar-refractivity contribution in [3.63, 3.8) is 0 Å². The smallest absolute Gasteiger partial charge is 0.110 e. The normalized spacial score (nSPS) is 68.3. The van der Waals surface area contributed by atoms with Crippen LogP contribution < -0.4 is 0 Å². The zero-order chi connectivity index (χ0) is 18.3. The number of likely N-dealkylation sites (N-methyl/N-ethyl adjacent to an activating group) is 1. The summed E-state index contributed by atoms with van der Waals surface area (Å²) in [5, 5.41) is 46.6. The lowest BCUT2D eigenvalue weighted by Crippen LogP contribution is -2.80. The molecule has 0 amide bonds. The number of hydrogen-bond acceptors (Lipinski definition) is 5. The van der Waals surface area contributed by atoms with Crippen molar-refractivity contribution in [3.05, 3.63) is 0 Å². The van der Waals surface area contributed by atoms with Crippen LogP contribution in [-0.2, 0) is 0 Å². The highest BCUT2D eigenvalue weighted by Crippen LogP contribution is 2.79. The summed E-state index contributed by atoms with van der Waals surface area (Å²) in [7, 11) is 0. The molecule has 1 spiro atoms. The van der Waals surface area contributed by atoms with Gasteiger partial charge in [0.15, 0.2) is 0 Å². The molecule has 0 aromatic rings. The van der Waals surface area contributed by atoms with E-state index in [0.29, 0.717) is 12.8 Å². The van der Waals surface area contributed by atoms with Crippen molar-refractivity contribution in [2.75, 3.05) is 13.1 Å². The number of hydrogen-bond donors (Lipinski definition) is 4. The Morgan fingerprint density at radius 2 is 1.85 bits per heavy atom. The summed E-state index contributed by atoms with van der Waals surface area (Å²) in [6.07, 6.45) is 3.69. The molecular formula is C21H33NO4. The maximum Gasteiger partial charge on any atom is 0.110 e. The van der Waals surface area contributed by atoms with Crippen LogP contribution in [0.2, 0.25) is 0 Å². The van der Waals surface area contributed by atoms with Gasteiger partial charge in [0.2, 0.25) is 0 Å². The van der Waals surface area contributed by atoms with Gasteiger partial charge in [-0.15, -0.1) is 0 Å². The fraction of sp³-hybridized carbons (Fsp3) is 1.00. The van der Waals surface area contributed by atoms with Crippen LogP contribution in [0.15, 0.2) is 0 Å². The second-order valence-electron chi connectivity index (χ2n) is 10.9. The highest BCUT2D eigenvalue weighted by Gasteiger charge is 2.86. The van der Waals surface area contributed by atoms with Crippen molar-refractivity contribution in [1.82, 2.24) is 4.90 Å². The van der Waals surface area contributed by atoms with Gasteiger partial charge >= 0.3 is 0 Å². The summed E-state index contributed by atoms with van der Waals surface area (Å²) in [6.45, 7) is 6.28. The first kappa shape index (κ1) is 16.7. The first-order chi connectivity index (χ1) is 12.2. The minimum atomic E-state index is -1.21. The molecule has 0 aromatic carbocycles. The average Bonchev–Trinajstić information content (AvgIpc) is 2.96. The molecule has 7 bridgehead atoms. The van der Waals surface area contributed by atoms with Crippen LogP contribution in [0.3, 0.4) is 0 Å². The molecule has 1 heterocycles. The lowest BCUT2D eigenvalue weighted by molar-refractivity contribution is -0.303. The van der Waals surface area contributed by atoms with Gasteiger partial charge in [-0.2, -0.15) is 0 Å². The van der Waals surface area contributed by atoms with Gasteiger partial charge in [-0.25, -0.2) is 0 Å². The van der Waals surface area contributed by atoms with Crippen molar-refractivity contribution < 1.29 is 20.4 Å². The third kappa shape index (κ3) is 1.38. The Morgan fingerprint density at radius 1 is 1.08 bits per heavy atom. The number of nitrogens with zero attached hydrogens (tertiary/aromatic N) is 1. The highest BCUT2D eigenvalue weighted by atomic mass is 16.4. The van der Waals surface area contributed by atoms with Gasteiger partial charge < -0.3 is 20.4 Å². The predicted octanol–water partition coefficient (Wildman–Crippen LogP) is 0.741. The molecule has 6 aliphatic rings. The van der Waals surface area contributed by atoms with E-state index in [4.69, 9.17) is 0 Å². The highest BCUT2D eigenvalue weighted by molar-refractivity contribution is 5.37. The van der Waals surface area contributed by atoms with Gasteiger partial charge in [-0.3, -0.25) is 4.90 Å². The Kier molecular flexibility index (Phi) is 2.90. The summed E-state index contributed by atoms with van der Waals surface area (Å²) >= 11 is 0. The van der Waals surface area contributed by atoms with Crippen LogP contribution in [0.5, 0.6) is 0 Å². The van der Waals surface area contributed by atoms with Gasteiger partial charge in [0.1, 0.15) is 11.2 Å². The van der Waals surface area contributed by atoms with Crippen LogP contribution in [0.1, 0.15) is 52.4 Å². The van der Waals surface area contributed by atoms with Gasteiger partial charge in [0, 0.05) is 23.9 Å². The molecule has 5 aliphatic carbocycles. The van der Waals surface area contributed by atoms with Gasteiger partial charge in [0.25, 0.3) is 0 Å². The van der Waals surface area contributed by atoms with Crippen LogP contribution in [0, 0.1) is 34.5 Å². The standard InChI is InChI=1S/C21H33NO4/c1-3-22-10-18(2)6-5-14(23)21-12-8-11-4-7-19(25,15(12)16(11)24)20(26,17(21)22)9-13(18)21/h11-17,23-26H,3-10H2,1-2H3. The van der Waals surface area contributed by atoms with Gasteiger partial charge in [-0.05, 0) is 68.2 Å². The topological polar surface area (TPSA) is 84.2 Å². The molecule has 5 heteroatoms. The van der Waals surface area contributed by atoms with Crippen molar-refractivity contribution in [1.29, 1.82) is 0 Å². The molecule has 1 saturated heterocycles. The monoisotopic (exact) mass is 363 g/mol. The molecule has 11 unspecified atom stereocenters. The Bertz CT molecular complexity index is 672. The van der Waals surface area contributed by atoms with E-state index in [1.54, 1.807) is 0 Å². The molecule has 11 atom stereocenters. The molecular weight excluding hydrogens is 330 g/mol. The van der Waals surface area contributed by atoms with Crippen molar-refractivity contribution in [2.24, 2.45) is 34.5 Å². The second-order valence-corrected chi connectivity index (χ2v) is 10.9. The van der Waals surface area contributed by atoms with Crippen LogP contribution in [0.25, 0.3) is 0 Å². The largest absolute Gasteiger partial charge is 0.392 e. The van der Waals surface area contributed by atoms with E-state index >= 15 is 0 Å². The molecule has 5 nitrogen and oxygen atoms in total. The van der Waals surface area contributed by atoms with E-state index < -0.39 is 23.4 Å². The number of aliphatic hydroxyl groups excluding tert-OH is 2. The summed E-state index contributed by atoms with van der Waals surface area (Å²) in [4.78, 5) is 2.39. The summed E-state index contributed by atoms with van der Waals surface area (Å²) < 4.78 is 0. The minimum Gasteiger partial charge on any atom is -0.392 e. The van der Waals surface area contributed by atoms with Gasteiger partial charge in [0.05, 0.1) is 12.2 Å². The quantitative estimate of drug-likeness (QED) is 0.552. The van der Waals surface area contributed by atoms with Crippen molar-refractivity contribution in [2.45, 2.75) is 81.8 Å². The number of rotatable bonds is 1. The molecule has 5 saturated carbocycles. The minimum absolute atomic E-state index is 0.0776. The fourth-order valence-electron chi connectivity index (χ4n) is 9.78. The van der Waals surface area contributed by atoms with Crippen LogP contribution >= 0.6 is 0 Å². The second kappa shape index (κ2) is 4.51.